The summed E-state index contributed by atoms with van der Waals surface area (Å²) in [6.07, 6.45) is -12.9. The molecule has 5 rings (SSSR count). The van der Waals surface area contributed by atoms with Crippen molar-refractivity contribution in [2.24, 2.45) is 11.8 Å². The van der Waals surface area contributed by atoms with Crippen molar-refractivity contribution in [2.75, 3.05) is 6.54 Å². The summed E-state index contributed by atoms with van der Waals surface area (Å²) in [5.74, 6) is -3.48. The van der Waals surface area contributed by atoms with Crippen molar-refractivity contribution < 1.29 is 58.2 Å². The molecule has 2 aromatic carbocycles. The Balaban J connectivity index is 1.70. The van der Waals surface area contributed by atoms with Crippen LogP contribution >= 0.6 is 31.9 Å². The maximum absolute atomic E-state index is 15.4. The third-order valence-electron chi connectivity index (χ3n) is 9.52. The number of rotatable bonds is 5. The molecule has 2 atom stereocenters. The SMILES string of the molecule is O=C(O)[C@H]1CC[C@H](C(=O)N2CC[C@@]3(S(=O)(=O)c4ccc(F)cc4)c4cc(Br)c(C(F)(C(F)(F)F)C(F)(F)F)c(Br)c4CC[C@@H]23)CC1. The van der Waals surface area contributed by atoms with Crippen molar-refractivity contribution in [2.45, 2.75) is 78.7 Å². The zero-order chi connectivity index (χ0) is 34.2. The summed E-state index contributed by atoms with van der Waals surface area (Å²) < 4.78 is 137. The number of carbonyl (C=O) groups is 2. The van der Waals surface area contributed by atoms with Crippen LogP contribution in [-0.2, 0) is 36.3 Å². The van der Waals surface area contributed by atoms with E-state index in [0.717, 1.165) is 30.3 Å². The molecule has 2 aliphatic carbocycles. The van der Waals surface area contributed by atoms with Crippen molar-refractivity contribution in [1.29, 1.82) is 0 Å². The van der Waals surface area contributed by atoms with Gasteiger partial charge in [-0.25, -0.2) is 17.2 Å². The van der Waals surface area contributed by atoms with Crippen LogP contribution in [0.25, 0.3) is 0 Å². The highest BCUT2D eigenvalue weighted by Crippen LogP contribution is 2.61. The van der Waals surface area contributed by atoms with Gasteiger partial charge in [-0.2, -0.15) is 26.3 Å². The third kappa shape index (κ3) is 5.17. The van der Waals surface area contributed by atoms with Gasteiger partial charge >= 0.3 is 24.0 Å². The topological polar surface area (TPSA) is 91.8 Å². The Bertz CT molecular complexity index is 1660. The van der Waals surface area contributed by atoms with Gasteiger partial charge < -0.3 is 10.0 Å². The molecule has 46 heavy (non-hydrogen) atoms. The first-order valence-corrected chi connectivity index (χ1v) is 17.1. The van der Waals surface area contributed by atoms with E-state index >= 15 is 4.39 Å². The second-order valence-corrected chi connectivity index (χ2v) is 15.7. The van der Waals surface area contributed by atoms with E-state index in [1.54, 1.807) is 0 Å². The van der Waals surface area contributed by atoms with Crippen LogP contribution in [0.1, 0.15) is 55.2 Å². The Morgan fingerprint density at radius 2 is 1.43 bits per heavy atom. The lowest BCUT2D eigenvalue weighted by molar-refractivity contribution is -0.349. The van der Waals surface area contributed by atoms with E-state index in [0.29, 0.717) is 0 Å². The van der Waals surface area contributed by atoms with Gasteiger partial charge in [0.05, 0.1) is 16.9 Å². The number of alkyl halides is 7. The monoisotopic (exact) mass is 809 g/mol. The zero-order valence-corrected chi connectivity index (χ0v) is 27.5. The molecule has 1 aliphatic heterocycles. The first-order valence-electron chi connectivity index (χ1n) is 14.1. The number of carboxylic acid groups (broad SMARTS) is 1. The Hall–Kier alpha value is -2.27. The Labute approximate surface area is 274 Å². The molecule has 1 amide bonds. The predicted molar refractivity (Wildman–Crippen MR) is 154 cm³/mol. The highest BCUT2D eigenvalue weighted by Gasteiger charge is 2.75. The van der Waals surface area contributed by atoms with Crippen LogP contribution in [0.4, 0.5) is 35.1 Å². The summed E-state index contributed by atoms with van der Waals surface area (Å²) in [5, 5.41) is 9.33. The number of hydrogen-bond acceptors (Lipinski definition) is 4. The Morgan fingerprint density at radius 1 is 0.891 bits per heavy atom. The quantitative estimate of drug-likeness (QED) is 0.247. The number of carboxylic acids is 1. The molecule has 2 aromatic rings. The van der Waals surface area contributed by atoms with E-state index in [2.05, 4.69) is 31.9 Å². The van der Waals surface area contributed by atoms with E-state index in [1.807, 2.05) is 0 Å². The molecular formula is C29H25Br2F8NO5S. The maximum Gasteiger partial charge on any atom is 0.436 e. The van der Waals surface area contributed by atoms with Crippen molar-refractivity contribution in [3.05, 3.63) is 61.8 Å². The van der Waals surface area contributed by atoms with Gasteiger partial charge in [-0.3, -0.25) is 9.59 Å². The smallest absolute Gasteiger partial charge is 0.436 e. The molecule has 0 radical (unpaired) electrons. The summed E-state index contributed by atoms with van der Waals surface area (Å²) in [6, 6.07) is 3.30. The summed E-state index contributed by atoms with van der Waals surface area (Å²) in [5.41, 5.74) is -8.17. The van der Waals surface area contributed by atoms with Crippen LogP contribution in [0.2, 0.25) is 0 Å². The number of halogens is 10. The van der Waals surface area contributed by atoms with Gasteiger partial charge in [0.1, 0.15) is 10.6 Å². The maximum atomic E-state index is 15.4. The van der Waals surface area contributed by atoms with Crippen molar-refractivity contribution in [3.8, 4) is 0 Å². The highest BCUT2D eigenvalue weighted by atomic mass is 79.9. The average molecular weight is 811 g/mol. The second kappa shape index (κ2) is 11.7. The highest BCUT2D eigenvalue weighted by molar-refractivity contribution is 9.11. The summed E-state index contributed by atoms with van der Waals surface area (Å²) in [7, 11) is -4.66. The first kappa shape index (κ1) is 35.0. The molecule has 0 bridgehead atoms. The standard InChI is InChI=1S/C29H25Br2F8NO5S/c30-20-13-19-18(23(31)22(20)27(33,28(34,35)36)29(37,38)39)9-10-21-26(19,46(44,45)17-7-5-16(32)6-8-17)11-12-40(21)24(41)14-1-3-15(4-2-14)25(42)43/h5-8,13-15,21H,1-4,9-12H2,(H,42,43)/t14-,15-,21-,26-/m1/s1. The molecule has 1 saturated carbocycles. The molecular weight excluding hydrogens is 786 g/mol. The molecule has 1 saturated heterocycles. The van der Waals surface area contributed by atoms with Crippen molar-refractivity contribution >= 4 is 53.6 Å². The van der Waals surface area contributed by atoms with Gasteiger partial charge in [-0.15, -0.1) is 0 Å². The molecule has 3 aliphatic rings. The second-order valence-electron chi connectivity index (χ2n) is 11.8. The Morgan fingerprint density at radius 3 is 1.96 bits per heavy atom. The number of sulfone groups is 1. The fraction of sp³-hybridized carbons (Fsp3) is 0.517. The molecule has 17 heteroatoms. The lowest BCUT2D eigenvalue weighted by atomic mass is 9.76. The number of fused-ring (bicyclic) bond motifs is 3. The number of amides is 1. The van der Waals surface area contributed by atoms with E-state index < -0.39 is 87.6 Å². The van der Waals surface area contributed by atoms with Crippen molar-refractivity contribution in [3.63, 3.8) is 0 Å². The molecule has 0 aromatic heterocycles. The van der Waals surface area contributed by atoms with Gasteiger partial charge in [0.2, 0.25) is 5.91 Å². The first-order chi connectivity index (χ1) is 21.2. The third-order valence-corrected chi connectivity index (χ3v) is 13.6. The summed E-state index contributed by atoms with van der Waals surface area (Å²) in [4.78, 5) is 26.2. The summed E-state index contributed by atoms with van der Waals surface area (Å²) >= 11 is 5.46. The molecule has 1 heterocycles. The lowest BCUT2D eigenvalue weighted by Crippen LogP contribution is -2.54. The fourth-order valence-electron chi connectivity index (χ4n) is 7.25. The molecule has 252 valence electrons. The molecule has 0 spiro atoms. The molecule has 0 unspecified atom stereocenters. The zero-order valence-electron chi connectivity index (χ0n) is 23.5. The van der Waals surface area contributed by atoms with Crippen LogP contribution in [0.5, 0.6) is 0 Å². The van der Waals surface area contributed by atoms with Crippen LogP contribution in [0.15, 0.2) is 44.2 Å². The van der Waals surface area contributed by atoms with Crippen molar-refractivity contribution in [1.82, 2.24) is 4.90 Å². The van der Waals surface area contributed by atoms with E-state index in [1.165, 1.54) is 4.90 Å². The van der Waals surface area contributed by atoms with Crippen LogP contribution < -0.4 is 0 Å². The van der Waals surface area contributed by atoms with Gasteiger partial charge in [-0.1, -0.05) is 31.9 Å². The van der Waals surface area contributed by atoms with Gasteiger partial charge in [0.25, 0.3) is 0 Å². The fourth-order valence-corrected chi connectivity index (χ4v) is 11.5. The van der Waals surface area contributed by atoms with E-state index in [4.69, 9.17) is 0 Å². The minimum Gasteiger partial charge on any atom is -0.481 e. The molecule has 2 fully saturated rings. The minimum absolute atomic E-state index is 0.155. The number of nitrogens with zero attached hydrogens (tertiary/aromatic N) is 1. The minimum atomic E-state index is -6.45. The number of hydrogen-bond donors (Lipinski definition) is 1. The van der Waals surface area contributed by atoms with Crippen LogP contribution in [-0.4, -0.2) is 55.2 Å². The number of likely N-dealkylation sites (tertiary alicyclic amines) is 1. The normalized spacial score (nSPS) is 25.6. The van der Waals surface area contributed by atoms with Crippen LogP contribution in [0.3, 0.4) is 0 Å². The number of carbonyl (C=O) groups excluding carboxylic acids is 1. The number of aliphatic carboxylic acids is 1. The Kier molecular flexibility index (Phi) is 8.92. The molecule has 1 N–H and O–H groups in total. The number of benzene rings is 2. The van der Waals surface area contributed by atoms with Gasteiger partial charge in [0, 0.05) is 27.0 Å². The van der Waals surface area contributed by atoms with Gasteiger partial charge in [-0.05, 0) is 86.4 Å². The predicted octanol–water partition coefficient (Wildman–Crippen LogP) is 7.75. The van der Waals surface area contributed by atoms with E-state index in [9.17, 15) is 53.8 Å². The van der Waals surface area contributed by atoms with E-state index in [-0.39, 0.29) is 62.6 Å². The largest absolute Gasteiger partial charge is 0.481 e. The van der Waals surface area contributed by atoms with Gasteiger partial charge in [0.15, 0.2) is 9.84 Å². The summed E-state index contributed by atoms with van der Waals surface area (Å²) in [6.45, 7) is -0.155. The van der Waals surface area contributed by atoms with Crippen LogP contribution in [0, 0.1) is 17.7 Å². The lowest BCUT2D eigenvalue weighted by Gasteiger charge is -2.44. The molecule has 6 nitrogen and oxygen atoms in total. The average Bonchev–Trinajstić information content (AvgIpc) is 3.37.